The maximum Gasteiger partial charge on any atom is 0.332 e. The molecule has 0 spiro atoms. The standard InChI is InChI=1S/C24H22FN5O3/c1-15-12-29-20-21(26-23(29)28(15)13-16-8-10-18(33-3)11-9-16)27(2)24(32)30(22(20)31)14-17-6-4-5-7-19(17)25/h4-12H,13-14H2,1-3H3. The summed E-state index contributed by atoms with van der Waals surface area (Å²) < 4.78 is 25.5. The molecule has 0 N–H and O–H groups in total. The Morgan fingerprint density at radius 2 is 1.73 bits per heavy atom. The molecule has 0 bridgehead atoms. The SMILES string of the molecule is COc1ccc(Cn2c(C)cn3c4c(=O)n(Cc5ccccc5F)c(=O)n(C)c4nc23)cc1. The zero-order valence-corrected chi connectivity index (χ0v) is 18.4. The molecule has 5 rings (SSSR count). The van der Waals surface area contributed by atoms with Crippen LogP contribution in [0.3, 0.4) is 0 Å². The summed E-state index contributed by atoms with van der Waals surface area (Å²) in [5, 5.41) is 0. The van der Waals surface area contributed by atoms with Gasteiger partial charge < -0.3 is 9.30 Å². The third-order valence-corrected chi connectivity index (χ3v) is 5.93. The molecule has 33 heavy (non-hydrogen) atoms. The third-order valence-electron chi connectivity index (χ3n) is 5.93. The largest absolute Gasteiger partial charge is 0.497 e. The normalized spacial score (nSPS) is 11.5. The van der Waals surface area contributed by atoms with Crippen LogP contribution in [0.15, 0.2) is 64.3 Å². The van der Waals surface area contributed by atoms with Crippen LogP contribution < -0.4 is 16.0 Å². The Labute approximate surface area is 187 Å². The average molecular weight is 447 g/mol. The number of ether oxygens (including phenoxy) is 1. The summed E-state index contributed by atoms with van der Waals surface area (Å²) in [4.78, 5) is 31.0. The van der Waals surface area contributed by atoms with Crippen LogP contribution in [0.25, 0.3) is 16.9 Å². The number of benzene rings is 2. The quantitative estimate of drug-likeness (QED) is 0.415. The van der Waals surface area contributed by atoms with E-state index in [-0.39, 0.29) is 23.3 Å². The van der Waals surface area contributed by atoms with E-state index in [0.717, 1.165) is 21.6 Å². The second-order valence-electron chi connectivity index (χ2n) is 7.98. The Morgan fingerprint density at radius 3 is 2.42 bits per heavy atom. The van der Waals surface area contributed by atoms with Gasteiger partial charge in [0, 0.05) is 24.5 Å². The van der Waals surface area contributed by atoms with E-state index in [9.17, 15) is 14.0 Å². The highest BCUT2D eigenvalue weighted by molar-refractivity contribution is 5.75. The molecule has 168 valence electrons. The number of aromatic nitrogens is 5. The summed E-state index contributed by atoms with van der Waals surface area (Å²) in [6.07, 6.45) is 1.83. The third kappa shape index (κ3) is 3.32. The predicted molar refractivity (Wildman–Crippen MR) is 123 cm³/mol. The molecule has 0 saturated carbocycles. The second-order valence-corrected chi connectivity index (χ2v) is 7.98. The van der Waals surface area contributed by atoms with Gasteiger partial charge in [0.2, 0.25) is 5.78 Å². The van der Waals surface area contributed by atoms with Crippen LogP contribution in [0.5, 0.6) is 5.75 Å². The molecule has 0 aliphatic carbocycles. The van der Waals surface area contributed by atoms with E-state index in [2.05, 4.69) is 4.98 Å². The fourth-order valence-electron chi connectivity index (χ4n) is 4.10. The van der Waals surface area contributed by atoms with Crippen molar-refractivity contribution in [1.29, 1.82) is 0 Å². The lowest BCUT2D eigenvalue weighted by molar-refractivity contribution is 0.414. The number of imidazole rings is 2. The molecule has 2 aromatic carbocycles. The first-order valence-electron chi connectivity index (χ1n) is 10.4. The number of nitrogens with zero attached hydrogens (tertiary/aromatic N) is 5. The highest BCUT2D eigenvalue weighted by atomic mass is 19.1. The molecule has 0 fully saturated rings. The fourth-order valence-corrected chi connectivity index (χ4v) is 4.10. The molecule has 0 radical (unpaired) electrons. The molecule has 0 aliphatic heterocycles. The second kappa shape index (κ2) is 7.77. The van der Waals surface area contributed by atoms with Gasteiger partial charge in [0.05, 0.1) is 20.2 Å². The molecular formula is C24H22FN5O3. The number of hydrogen-bond acceptors (Lipinski definition) is 4. The minimum Gasteiger partial charge on any atom is -0.497 e. The number of halogens is 1. The van der Waals surface area contributed by atoms with E-state index < -0.39 is 17.1 Å². The zero-order valence-electron chi connectivity index (χ0n) is 18.4. The minimum atomic E-state index is -0.546. The first-order valence-corrected chi connectivity index (χ1v) is 10.4. The van der Waals surface area contributed by atoms with Gasteiger partial charge in [-0.1, -0.05) is 30.3 Å². The average Bonchev–Trinajstić information content (AvgIpc) is 3.32. The highest BCUT2D eigenvalue weighted by Crippen LogP contribution is 2.19. The van der Waals surface area contributed by atoms with E-state index in [1.54, 1.807) is 36.8 Å². The number of rotatable bonds is 5. The lowest BCUT2D eigenvalue weighted by atomic mass is 10.2. The van der Waals surface area contributed by atoms with E-state index >= 15 is 0 Å². The van der Waals surface area contributed by atoms with Crippen LogP contribution >= 0.6 is 0 Å². The first-order chi connectivity index (χ1) is 15.9. The Hall–Kier alpha value is -4.14. The maximum atomic E-state index is 14.2. The summed E-state index contributed by atoms with van der Waals surface area (Å²) in [6, 6.07) is 13.8. The van der Waals surface area contributed by atoms with Crippen LogP contribution in [-0.4, -0.2) is 30.2 Å². The highest BCUT2D eigenvalue weighted by Gasteiger charge is 2.21. The van der Waals surface area contributed by atoms with E-state index in [4.69, 9.17) is 4.74 Å². The van der Waals surface area contributed by atoms with E-state index in [1.165, 1.54) is 10.6 Å². The molecule has 9 heteroatoms. The first kappa shape index (κ1) is 20.7. The van der Waals surface area contributed by atoms with Gasteiger partial charge in [-0.25, -0.2) is 9.18 Å². The lowest BCUT2D eigenvalue weighted by Gasteiger charge is -2.09. The van der Waals surface area contributed by atoms with Crippen molar-refractivity contribution in [3.63, 3.8) is 0 Å². The Morgan fingerprint density at radius 1 is 1.00 bits per heavy atom. The molecule has 5 aromatic rings. The summed E-state index contributed by atoms with van der Waals surface area (Å²) >= 11 is 0. The summed E-state index contributed by atoms with van der Waals surface area (Å²) in [5.41, 5.74) is 1.72. The van der Waals surface area contributed by atoms with Gasteiger partial charge >= 0.3 is 5.69 Å². The van der Waals surface area contributed by atoms with Gasteiger partial charge in [-0.3, -0.25) is 18.3 Å². The summed E-state index contributed by atoms with van der Waals surface area (Å²) in [6.45, 7) is 2.31. The fraction of sp³-hybridized carbons (Fsp3) is 0.208. The van der Waals surface area contributed by atoms with Crippen molar-refractivity contribution >= 4 is 16.9 Å². The maximum absolute atomic E-state index is 14.2. The van der Waals surface area contributed by atoms with Crippen molar-refractivity contribution < 1.29 is 9.13 Å². The summed E-state index contributed by atoms with van der Waals surface area (Å²) in [7, 11) is 3.18. The molecule has 0 aliphatic rings. The van der Waals surface area contributed by atoms with Gasteiger partial charge in [-0.05, 0) is 30.7 Å². The van der Waals surface area contributed by atoms with Crippen LogP contribution in [0.2, 0.25) is 0 Å². The Kier molecular flexibility index (Phi) is 4.88. The molecule has 0 unspecified atom stereocenters. The van der Waals surface area contributed by atoms with Crippen molar-refractivity contribution in [2.45, 2.75) is 20.0 Å². The molecular weight excluding hydrogens is 425 g/mol. The lowest BCUT2D eigenvalue weighted by Crippen LogP contribution is -2.39. The number of fused-ring (bicyclic) bond motifs is 3. The van der Waals surface area contributed by atoms with Crippen LogP contribution in [0, 0.1) is 12.7 Å². The van der Waals surface area contributed by atoms with Gasteiger partial charge in [-0.2, -0.15) is 4.98 Å². The summed E-state index contributed by atoms with van der Waals surface area (Å²) in [5.74, 6) is 0.852. The van der Waals surface area contributed by atoms with Crippen molar-refractivity contribution in [1.82, 2.24) is 23.1 Å². The van der Waals surface area contributed by atoms with Crippen LogP contribution in [0.1, 0.15) is 16.8 Å². The molecule has 3 aromatic heterocycles. The molecule has 0 saturated heterocycles. The van der Waals surface area contributed by atoms with Gasteiger partial charge in [0.25, 0.3) is 5.56 Å². The van der Waals surface area contributed by atoms with Crippen molar-refractivity contribution in [2.24, 2.45) is 7.05 Å². The van der Waals surface area contributed by atoms with E-state index in [0.29, 0.717) is 12.3 Å². The smallest absolute Gasteiger partial charge is 0.332 e. The van der Waals surface area contributed by atoms with Gasteiger partial charge in [0.1, 0.15) is 11.6 Å². The number of hydrogen-bond donors (Lipinski definition) is 0. The predicted octanol–water partition coefficient (Wildman–Crippen LogP) is 2.70. The number of aryl methyl sites for hydroxylation is 2. The van der Waals surface area contributed by atoms with E-state index in [1.807, 2.05) is 42.0 Å². The molecule has 0 amide bonds. The molecule has 8 nitrogen and oxygen atoms in total. The van der Waals surface area contributed by atoms with Crippen molar-refractivity contribution in [3.8, 4) is 5.75 Å². The number of methoxy groups -OCH3 is 1. The molecule has 3 heterocycles. The zero-order chi connectivity index (χ0) is 23.3. The van der Waals surface area contributed by atoms with Crippen LogP contribution in [0.4, 0.5) is 4.39 Å². The topological polar surface area (TPSA) is 75.5 Å². The van der Waals surface area contributed by atoms with Crippen molar-refractivity contribution in [3.05, 3.63) is 98.2 Å². The minimum absolute atomic E-state index is 0.160. The van der Waals surface area contributed by atoms with Gasteiger partial charge in [-0.15, -0.1) is 0 Å². The Balaban J connectivity index is 1.68. The Bertz CT molecular complexity index is 1620. The van der Waals surface area contributed by atoms with Crippen LogP contribution in [-0.2, 0) is 20.1 Å². The molecule has 0 atom stereocenters. The van der Waals surface area contributed by atoms with Gasteiger partial charge in [0.15, 0.2) is 11.2 Å². The van der Waals surface area contributed by atoms with Crippen molar-refractivity contribution in [2.75, 3.05) is 7.11 Å². The monoisotopic (exact) mass is 447 g/mol.